The van der Waals surface area contributed by atoms with E-state index in [4.69, 9.17) is 0 Å². The lowest BCUT2D eigenvalue weighted by Crippen LogP contribution is -2.03. The summed E-state index contributed by atoms with van der Waals surface area (Å²) in [6, 6.07) is 40.5. The highest BCUT2D eigenvalue weighted by molar-refractivity contribution is 7.36. The summed E-state index contributed by atoms with van der Waals surface area (Å²) in [5.41, 5.74) is 2.55. The predicted octanol–water partition coefficient (Wildman–Crippen LogP) is 17.6. The highest BCUT2D eigenvalue weighted by Crippen LogP contribution is 2.48. The number of hydrogen-bond donors (Lipinski definition) is 0. The zero-order valence-electron chi connectivity index (χ0n) is 28.4. The van der Waals surface area contributed by atoms with Crippen molar-refractivity contribution in [2.45, 2.75) is 12.4 Å². The van der Waals surface area contributed by atoms with Gasteiger partial charge in [0, 0.05) is 59.2 Å². The summed E-state index contributed by atoms with van der Waals surface area (Å²) in [5, 5.41) is 2.49. The number of alkyl halides is 6. The maximum absolute atomic E-state index is 13.0. The lowest BCUT2D eigenvalue weighted by Gasteiger charge is -2.06. The van der Waals surface area contributed by atoms with E-state index in [1.165, 1.54) is 53.8 Å². The van der Waals surface area contributed by atoms with E-state index in [1.54, 1.807) is 45.3 Å². The van der Waals surface area contributed by atoms with Crippen molar-refractivity contribution in [3.63, 3.8) is 0 Å². The Balaban J connectivity index is 0.878. The van der Waals surface area contributed by atoms with Crippen LogP contribution in [-0.4, -0.2) is 0 Å². The average molecular weight is 857 g/mol. The van der Waals surface area contributed by atoms with Gasteiger partial charge in [-0.25, -0.2) is 0 Å². The van der Waals surface area contributed by atoms with E-state index in [2.05, 4.69) is 60.7 Å². The van der Waals surface area contributed by atoms with Gasteiger partial charge >= 0.3 is 12.4 Å². The molecule has 10 aromatic rings. The van der Waals surface area contributed by atoms with Crippen LogP contribution < -0.4 is 0 Å². The molecule has 276 valence electrons. The van der Waals surface area contributed by atoms with Crippen LogP contribution in [0.15, 0.2) is 133 Å². The van der Waals surface area contributed by atoms with E-state index in [0.29, 0.717) is 0 Å². The molecule has 12 heteroatoms. The Bertz CT molecular complexity index is 2840. The van der Waals surface area contributed by atoms with Crippen LogP contribution in [0.2, 0.25) is 0 Å². The molecule has 0 aliphatic heterocycles. The fraction of sp³-hybridized carbons (Fsp3) is 0.0455. The Morgan fingerprint density at radius 1 is 0.286 bits per heavy atom. The molecule has 6 heterocycles. The molecule has 4 aromatic carbocycles. The van der Waals surface area contributed by atoms with Gasteiger partial charge in [-0.3, -0.25) is 0 Å². The molecule has 0 nitrogen and oxygen atoms in total. The number of thiophene rings is 6. The number of benzene rings is 4. The zero-order valence-corrected chi connectivity index (χ0v) is 33.3. The summed E-state index contributed by atoms with van der Waals surface area (Å²) in [5.74, 6) is 0. The van der Waals surface area contributed by atoms with Gasteiger partial charge in [-0.05, 0) is 107 Å². The molecule has 56 heavy (non-hydrogen) atoms. The van der Waals surface area contributed by atoms with Gasteiger partial charge in [-0.1, -0.05) is 48.5 Å². The van der Waals surface area contributed by atoms with Crippen LogP contribution in [-0.2, 0) is 12.4 Å². The molecule has 0 unspecified atom stereocenters. The first-order chi connectivity index (χ1) is 26.9. The lowest BCUT2D eigenvalue weighted by molar-refractivity contribution is -0.138. The van der Waals surface area contributed by atoms with E-state index in [-0.39, 0.29) is 0 Å². The van der Waals surface area contributed by atoms with Crippen LogP contribution in [0.5, 0.6) is 0 Å². The van der Waals surface area contributed by atoms with Crippen molar-refractivity contribution in [3.05, 3.63) is 145 Å². The van der Waals surface area contributed by atoms with Gasteiger partial charge in [0.1, 0.15) is 0 Å². The largest absolute Gasteiger partial charge is 0.416 e. The molecular weight excluding hydrogens is 835 g/mol. The topological polar surface area (TPSA) is 0 Å². The molecular formula is C44H22F6S6. The Kier molecular flexibility index (Phi) is 8.66. The van der Waals surface area contributed by atoms with Crippen molar-refractivity contribution >= 4 is 97.6 Å². The Labute approximate surface area is 339 Å². The molecule has 0 N–H and O–H groups in total. The van der Waals surface area contributed by atoms with Crippen molar-refractivity contribution in [2.75, 3.05) is 0 Å². The third-order valence-corrected chi connectivity index (χ3v) is 17.0. The van der Waals surface area contributed by atoms with Gasteiger partial charge in [0.05, 0.1) is 20.5 Å². The fourth-order valence-corrected chi connectivity index (χ4v) is 13.7. The summed E-state index contributed by atoms with van der Waals surface area (Å²) in [7, 11) is 0. The highest BCUT2D eigenvalue weighted by atomic mass is 32.1. The fourth-order valence-electron chi connectivity index (χ4n) is 6.71. The van der Waals surface area contributed by atoms with Gasteiger partial charge in [0.2, 0.25) is 0 Å². The smallest absolute Gasteiger partial charge is 0.166 e. The quantitative estimate of drug-likeness (QED) is 0.146. The number of fused-ring (bicyclic) bond motifs is 5. The standard InChI is InChI=1S/C44H22F6S6/c45-43(46,47)27-7-1-23(2-8-27)31-13-17-35(51-31)37-19-15-33(53-37)25-5-11-29-39(21-25)55-42-30-12-6-26(22-40(30)56-41(29)42)34-16-20-38(54-34)36-18-14-32(52-36)24-3-9-28(10-4-24)44(48,49)50/h1-22H. The van der Waals surface area contributed by atoms with Crippen molar-refractivity contribution < 1.29 is 26.3 Å². The van der Waals surface area contributed by atoms with Crippen LogP contribution in [0.3, 0.4) is 0 Å². The van der Waals surface area contributed by atoms with Crippen molar-refractivity contribution in [1.29, 1.82) is 0 Å². The molecule has 0 amide bonds. The SMILES string of the molecule is FC(F)(F)c1ccc(-c2ccc(-c3ccc(-c4ccc5c(c4)sc4c6ccc(-c7ccc(-c8ccc(-c9ccc(C(F)(F)F)cc9)s8)s7)cc6sc54)s3)s2)cc1. The summed E-state index contributed by atoms with van der Waals surface area (Å²) in [6.45, 7) is 0. The molecule has 0 atom stereocenters. The first-order valence-electron chi connectivity index (χ1n) is 17.1. The minimum absolute atomic E-state index is 0.647. The summed E-state index contributed by atoms with van der Waals surface area (Å²) < 4.78 is 83.2. The molecule has 0 radical (unpaired) electrons. The maximum atomic E-state index is 13.0. The van der Waals surface area contributed by atoms with E-state index in [0.717, 1.165) is 85.5 Å². The molecule has 0 aliphatic rings. The van der Waals surface area contributed by atoms with Crippen molar-refractivity contribution in [1.82, 2.24) is 0 Å². The minimum Gasteiger partial charge on any atom is -0.166 e. The Morgan fingerprint density at radius 2 is 0.571 bits per heavy atom. The average Bonchev–Trinajstić information content (AvgIpc) is 4.03. The first kappa shape index (κ1) is 35.8. The van der Waals surface area contributed by atoms with Crippen LogP contribution >= 0.6 is 68.0 Å². The third-order valence-electron chi connectivity index (χ3n) is 9.55. The van der Waals surface area contributed by atoms with Crippen molar-refractivity contribution in [2.24, 2.45) is 0 Å². The lowest BCUT2D eigenvalue weighted by atomic mass is 10.1. The second-order valence-corrected chi connectivity index (χ2v) is 19.5. The maximum Gasteiger partial charge on any atom is 0.416 e. The normalized spacial score (nSPS) is 12.5. The van der Waals surface area contributed by atoms with Crippen LogP contribution in [0.1, 0.15) is 11.1 Å². The summed E-state index contributed by atoms with van der Waals surface area (Å²) >= 11 is 10.2. The van der Waals surface area contributed by atoms with Gasteiger partial charge in [0.15, 0.2) is 0 Å². The van der Waals surface area contributed by atoms with E-state index in [9.17, 15) is 26.3 Å². The first-order valence-corrected chi connectivity index (χ1v) is 22.0. The second kappa shape index (κ2) is 13.5. The summed E-state index contributed by atoms with van der Waals surface area (Å²) in [4.78, 5) is 8.57. The Morgan fingerprint density at radius 3 is 0.893 bits per heavy atom. The van der Waals surface area contributed by atoms with Crippen LogP contribution in [0, 0.1) is 0 Å². The zero-order chi connectivity index (χ0) is 38.3. The number of rotatable bonds is 6. The van der Waals surface area contributed by atoms with E-state index >= 15 is 0 Å². The molecule has 6 aromatic heterocycles. The molecule has 0 bridgehead atoms. The second-order valence-electron chi connectivity index (χ2n) is 13.1. The molecule has 0 saturated carbocycles. The van der Waals surface area contributed by atoms with Crippen LogP contribution in [0.4, 0.5) is 26.3 Å². The Hall–Kier alpha value is -4.56. The number of halogens is 6. The molecule has 0 aliphatic carbocycles. The van der Waals surface area contributed by atoms with E-state index in [1.807, 2.05) is 46.9 Å². The van der Waals surface area contributed by atoms with Crippen molar-refractivity contribution in [3.8, 4) is 61.3 Å². The molecule has 0 spiro atoms. The third kappa shape index (κ3) is 6.52. The monoisotopic (exact) mass is 856 g/mol. The van der Waals surface area contributed by atoms with Gasteiger partial charge in [-0.15, -0.1) is 68.0 Å². The summed E-state index contributed by atoms with van der Waals surface area (Å²) in [6.07, 6.45) is -8.70. The predicted molar refractivity (Wildman–Crippen MR) is 229 cm³/mol. The van der Waals surface area contributed by atoms with Gasteiger partial charge < -0.3 is 0 Å². The van der Waals surface area contributed by atoms with Gasteiger partial charge in [0.25, 0.3) is 0 Å². The van der Waals surface area contributed by atoms with Crippen LogP contribution in [0.25, 0.3) is 90.8 Å². The number of hydrogen-bond acceptors (Lipinski definition) is 6. The molecule has 0 saturated heterocycles. The highest BCUT2D eigenvalue weighted by Gasteiger charge is 2.31. The van der Waals surface area contributed by atoms with Gasteiger partial charge in [-0.2, -0.15) is 26.3 Å². The molecule has 0 fully saturated rings. The minimum atomic E-state index is -4.35. The van der Waals surface area contributed by atoms with E-state index < -0.39 is 23.5 Å². The molecule has 10 rings (SSSR count).